The van der Waals surface area contributed by atoms with E-state index in [4.69, 9.17) is 9.98 Å². The van der Waals surface area contributed by atoms with Gasteiger partial charge >= 0.3 is 0 Å². The number of halogens is 2. The van der Waals surface area contributed by atoms with E-state index in [-0.39, 0.29) is 11.8 Å². The Labute approximate surface area is 286 Å². The molecule has 46 heavy (non-hydrogen) atoms. The number of unbranched alkanes of at least 4 members (excludes halogenated alkanes) is 3. The highest BCUT2D eigenvalue weighted by molar-refractivity contribution is 9.10. The Morgan fingerprint density at radius 2 is 0.935 bits per heavy atom. The summed E-state index contributed by atoms with van der Waals surface area (Å²) in [5.74, 6) is 1.16. The van der Waals surface area contributed by atoms with Crippen LogP contribution in [-0.4, -0.2) is 46.4 Å². The molecule has 0 radical (unpaired) electrons. The van der Waals surface area contributed by atoms with E-state index in [1.807, 2.05) is 121 Å². The minimum atomic E-state index is -0.0888. The Kier molecular flexibility index (Phi) is 10.2. The first kappa shape index (κ1) is 31.6. The van der Waals surface area contributed by atoms with Crippen LogP contribution < -0.4 is 0 Å². The van der Waals surface area contributed by atoms with E-state index in [2.05, 4.69) is 31.9 Å². The number of carbonyl (C=O) groups excluding carboxylic acids is 2. The lowest BCUT2D eigenvalue weighted by molar-refractivity contribution is -0.123. The van der Waals surface area contributed by atoms with Crippen LogP contribution >= 0.6 is 31.9 Å². The molecule has 0 saturated heterocycles. The van der Waals surface area contributed by atoms with Crippen molar-refractivity contribution in [2.75, 3.05) is 13.1 Å². The fourth-order valence-corrected chi connectivity index (χ4v) is 6.32. The first-order valence-electron chi connectivity index (χ1n) is 15.3. The number of aliphatic imine (C=N–C) groups is 2. The summed E-state index contributed by atoms with van der Waals surface area (Å²) in [4.78, 5) is 40.2. The highest BCUT2D eigenvalue weighted by Crippen LogP contribution is 2.26. The summed E-state index contributed by atoms with van der Waals surface area (Å²) >= 11 is 7.11. The van der Waals surface area contributed by atoms with Crippen LogP contribution in [0.4, 0.5) is 0 Å². The molecule has 0 aromatic heterocycles. The van der Waals surface area contributed by atoms with Gasteiger partial charge in [0.2, 0.25) is 0 Å². The fourth-order valence-electron chi connectivity index (χ4n) is 5.52. The van der Waals surface area contributed by atoms with Crippen LogP contribution in [0.2, 0.25) is 0 Å². The summed E-state index contributed by atoms with van der Waals surface area (Å²) in [6.07, 6.45) is 7.14. The number of benzene rings is 4. The Hall–Kier alpha value is -4.40. The van der Waals surface area contributed by atoms with E-state index in [1.54, 1.807) is 9.80 Å². The standard InChI is InChI=1S/C38H32Br2N4O2/c39-31-19-11-17-29(25-31)35-41-33(23-27-13-5-3-6-14-27)37(45)43(35)21-9-1-2-10-22-44-36(30-18-12-20-32(40)26-30)42-34(38(44)46)24-28-15-7-4-8-16-28/h3-8,11-20,23-26H,1-2,9-10,21-22H2/b33-23-,34-24+. The lowest BCUT2D eigenvalue weighted by Gasteiger charge is -2.20. The predicted molar refractivity (Wildman–Crippen MR) is 192 cm³/mol. The van der Waals surface area contributed by atoms with Gasteiger partial charge in [-0.2, -0.15) is 0 Å². The van der Waals surface area contributed by atoms with E-state index < -0.39 is 0 Å². The third kappa shape index (κ3) is 7.52. The molecule has 0 bridgehead atoms. The molecule has 0 fully saturated rings. The van der Waals surface area contributed by atoms with Crippen molar-refractivity contribution in [1.29, 1.82) is 0 Å². The molecule has 230 valence electrons. The highest BCUT2D eigenvalue weighted by Gasteiger charge is 2.32. The molecule has 0 spiro atoms. The van der Waals surface area contributed by atoms with Gasteiger partial charge in [0, 0.05) is 33.2 Å². The molecule has 2 heterocycles. The zero-order valence-corrected chi connectivity index (χ0v) is 28.3. The van der Waals surface area contributed by atoms with Crippen LogP contribution in [-0.2, 0) is 9.59 Å². The van der Waals surface area contributed by atoms with E-state index in [0.717, 1.165) is 56.9 Å². The number of rotatable bonds is 11. The van der Waals surface area contributed by atoms with Crippen LogP contribution in [0.25, 0.3) is 12.2 Å². The van der Waals surface area contributed by atoms with Crippen LogP contribution in [0.5, 0.6) is 0 Å². The van der Waals surface area contributed by atoms with Crippen LogP contribution in [0, 0.1) is 0 Å². The zero-order valence-electron chi connectivity index (χ0n) is 25.2. The molecule has 0 N–H and O–H groups in total. The molecule has 0 unspecified atom stereocenters. The Bertz CT molecular complexity index is 1730. The van der Waals surface area contributed by atoms with Crippen molar-refractivity contribution in [2.24, 2.45) is 9.98 Å². The summed E-state index contributed by atoms with van der Waals surface area (Å²) in [6, 6.07) is 35.3. The quantitative estimate of drug-likeness (QED) is 0.114. The van der Waals surface area contributed by atoms with Gasteiger partial charge in [0.05, 0.1) is 0 Å². The summed E-state index contributed by atoms with van der Waals surface area (Å²) in [6.45, 7) is 1.13. The summed E-state index contributed by atoms with van der Waals surface area (Å²) < 4.78 is 1.87. The molecule has 4 aromatic carbocycles. The van der Waals surface area contributed by atoms with Gasteiger partial charge in [-0.3, -0.25) is 19.4 Å². The number of hydrogen-bond donors (Lipinski definition) is 0. The van der Waals surface area contributed by atoms with Crippen molar-refractivity contribution in [3.63, 3.8) is 0 Å². The fraction of sp³-hybridized carbons (Fsp3) is 0.158. The molecular weight excluding hydrogens is 704 g/mol. The number of amidine groups is 2. The normalized spacial score (nSPS) is 16.5. The van der Waals surface area contributed by atoms with Gasteiger partial charge < -0.3 is 0 Å². The smallest absolute Gasteiger partial charge is 0.278 e. The molecule has 2 aliphatic rings. The van der Waals surface area contributed by atoms with E-state index in [1.165, 1.54) is 0 Å². The monoisotopic (exact) mass is 734 g/mol. The zero-order chi connectivity index (χ0) is 31.9. The first-order valence-corrected chi connectivity index (χ1v) is 16.9. The third-order valence-electron chi connectivity index (χ3n) is 7.78. The average Bonchev–Trinajstić information content (AvgIpc) is 3.54. The summed E-state index contributed by atoms with van der Waals surface area (Å²) in [5.41, 5.74) is 4.54. The van der Waals surface area contributed by atoms with Crippen molar-refractivity contribution in [1.82, 2.24) is 9.80 Å². The maximum atomic E-state index is 13.5. The van der Waals surface area contributed by atoms with Gasteiger partial charge in [-0.1, -0.05) is 130 Å². The van der Waals surface area contributed by atoms with Gasteiger partial charge in [0.1, 0.15) is 23.1 Å². The molecule has 6 nitrogen and oxygen atoms in total. The molecular formula is C38H32Br2N4O2. The number of hydrogen-bond acceptors (Lipinski definition) is 4. The molecule has 0 saturated carbocycles. The highest BCUT2D eigenvalue weighted by atomic mass is 79.9. The van der Waals surface area contributed by atoms with Crippen molar-refractivity contribution < 1.29 is 9.59 Å². The lowest BCUT2D eigenvalue weighted by Crippen LogP contribution is -2.34. The van der Waals surface area contributed by atoms with E-state index in [0.29, 0.717) is 36.2 Å². The maximum absolute atomic E-state index is 13.5. The predicted octanol–water partition coefficient (Wildman–Crippen LogP) is 8.73. The first-order chi connectivity index (χ1) is 22.5. The van der Waals surface area contributed by atoms with Crippen molar-refractivity contribution in [3.05, 3.63) is 152 Å². The van der Waals surface area contributed by atoms with Gasteiger partial charge in [0.25, 0.3) is 11.8 Å². The molecule has 2 aliphatic heterocycles. The minimum absolute atomic E-state index is 0.0888. The Balaban J connectivity index is 1.10. The molecule has 8 heteroatoms. The van der Waals surface area contributed by atoms with Crippen molar-refractivity contribution in [3.8, 4) is 0 Å². The molecule has 4 aromatic rings. The van der Waals surface area contributed by atoms with Gasteiger partial charge in [-0.15, -0.1) is 0 Å². The van der Waals surface area contributed by atoms with Crippen molar-refractivity contribution in [2.45, 2.75) is 25.7 Å². The molecule has 0 atom stereocenters. The molecule has 2 amide bonds. The van der Waals surface area contributed by atoms with Gasteiger partial charge in [0.15, 0.2) is 0 Å². The van der Waals surface area contributed by atoms with Crippen LogP contribution in [0.3, 0.4) is 0 Å². The average molecular weight is 737 g/mol. The summed E-state index contributed by atoms with van der Waals surface area (Å²) in [5, 5.41) is 0. The topological polar surface area (TPSA) is 65.3 Å². The number of carbonyl (C=O) groups is 2. The van der Waals surface area contributed by atoms with Gasteiger partial charge in [-0.25, -0.2) is 9.98 Å². The minimum Gasteiger partial charge on any atom is -0.291 e. The van der Waals surface area contributed by atoms with Crippen molar-refractivity contribution >= 4 is 67.5 Å². The van der Waals surface area contributed by atoms with Crippen LogP contribution in [0.1, 0.15) is 47.9 Å². The number of nitrogens with zero attached hydrogens (tertiary/aromatic N) is 4. The molecule has 6 rings (SSSR count). The SMILES string of the molecule is O=C1/C(=C/c2ccccc2)N=C(c2cccc(Br)c2)N1CCCCCCN1C(=O)/C(=C\c2ccccc2)N=C1c1cccc(Br)c1. The Morgan fingerprint density at radius 1 is 0.522 bits per heavy atom. The lowest BCUT2D eigenvalue weighted by atomic mass is 10.1. The van der Waals surface area contributed by atoms with E-state index >= 15 is 0 Å². The largest absolute Gasteiger partial charge is 0.291 e. The maximum Gasteiger partial charge on any atom is 0.278 e. The second-order valence-electron chi connectivity index (χ2n) is 11.1. The van der Waals surface area contributed by atoms with E-state index in [9.17, 15) is 9.59 Å². The Morgan fingerprint density at radius 3 is 1.33 bits per heavy atom. The summed E-state index contributed by atoms with van der Waals surface area (Å²) in [7, 11) is 0. The third-order valence-corrected chi connectivity index (χ3v) is 8.76. The second kappa shape index (κ2) is 14.8. The van der Waals surface area contributed by atoms with Gasteiger partial charge in [-0.05, 0) is 60.4 Å². The second-order valence-corrected chi connectivity index (χ2v) is 12.9. The van der Waals surface area contributed by atoms with Crippen LogP contribution in [0.15, 0.2) is 140 Å². The number of amides is 2. The molecule has 0 aliphatic carbocycles.